The Bertz CT molecular complexity index is 370. The summed E-state index contributed by atoms with van der Waals surface area (Å²) in [6.45, 7) is 0. The number of benzene rings is 1. The molecule has 1 atom stereocenters. The molecule has 1 rings (SSSR count). The Labute approximate surface area is 99.6 Å². The highest BCUT2D eigenvalue weighted by molar-refractivity contribution is 5.85. The molecule has 0 bridgehead atoms. The van der Waals surface area contributed by atoms with Crippen LogP contribution in [-0.2, 0) is 9.53 Å². The van der Waals surface area contributed by atoms with Crippen molar-refractivity contribution in [3.05, 3.63) is 23.8 Å². The van der Waals surface area contributed by atoms with E-state index in [9.17, 15) is 9.90 Å². The summed E-state index contributed by atoms with van der Waals surface area (Å²) in [5, 5.41) is 9.46. The van der Waals surface area contributed by atoms with E-state index in [1.807, 2.05) is 0 Å². The number of aromatic hydroxyl groups is 1. The molecule has 0 fully saturated rings. The molecule has 90 valence electrons. The van der Waals surface area contributed by atoms with Crippen LogP contribution in [0.3, 0.4) is 0 Å². The lowest BCUT2D eigenvalue weighted by Gasteiger charge is -2.11. The lowest BCUT2D eigenvalue weighted by atomic mass is 10.1. The number of phenols is 1. The zero-order valence-electron chi connectivity index (χ0n) is 8.97. The predicted octanol–water partition coefficient (Wildman–Crippen LogP) is 0.995. The minimum Gasteiger partial charge on any atom is -0.504 e. The third-order valence-corrected chi connectivity index (χ3v) is 2.02. The minimum atomic E-state index is -0.896. The summed E-state index contributed by atoms with van der Waals surface area (Å²) in [4.78, 5) is 11.1. The highest BCUT2D eigenvalue weighted by Gasteiger charge is 2.17. The first-order chi connectivity index (χ1) is 7.10. The molecule has 0 amide bonds. The largest absolute Gasteiger partial charge is 0.504 e. The third-order valence-electron chi connectivity index (χ3n) is 2.02. The van der Waals surface area contributed by atoms with Crippen LogP contribution >= 0.6 is 12.4 Å². The SMILES string of the molecule is COC(=O)[C@H](N)c1ccc(OC)c(O)c1.Cl. The zero-order valence-corrected chi connectivity index (χ0v) is 9.78. The third kappa shape index (κ3) is 3.01. The van der Waals surface area contributed by atoms with Gasteiger partial charge in [-0.15, -0.1) is 12.4 Å². The summed E-state index contributed by atoms with van der Waals surface area (Å²) < 4.78 is 9.35. The number of carbonyl (C=O) groups is 1. The fourth-order valence-electron chi connectivity index (χ4n) is 1.16. The molecular weight excluding hydrogens is 234 g/mol. The molecule has 0 saturated carbocycles. The molecule has 0 unspecified atom stereocenters. The number of phenolic OH excluding ortho intramolecular Hbond substituents is 1. The second kappa shape index (κ2) is 6.19. The number of rotatable bonds is 3. The second-order valence-corrected chi connectivity index (χ2v) is 2.93. The van der Waals surface area contributed by atoms with Gasteiger partial charge in [0.05, 0.1) is 14.2 Å². The molecule has 6 heteroatoms. The van der Waals surface area contributed by atoms with Crippen molar-refractivity contribution < 1.29 is 19.4 Å². The lowest BCUT2D eigenvalue weighted by molar-refractivity contribution is -0.142. The van der Waals surface area contributed by atoms with E-state index in [0.717, 1.165) is 0 Å². The van der Waals surface area contributed by atoms with Gasteiger partial charge in [0, 0.05) is 0 Å². The summed E-state index contributed by atoms with van der Waals surface area (Å²) >= 11 is 0. The van der Waals surface area contributed by atoms with E-state index < -0.39 is 12.0 Å². The maximum Gasteiger partial charge on any atom is 0.327 e. The summed E-state index contributed by atoms with van der Waals surface area (Å²) in [5.41, 5.74) is 6.06. The van der Waals surface area contributed by atoms with Crippen LogP contribution in [-0.4, -0.2) is 25.3 Å². The van der Waals surface area contributed by atoms with Gasteiger partial charge in [0.25, 0.3) is 0 Å². The van der Waals surface area contributed by atoms with Crippen molar-refractivity contribution in [2.75, 3.05) is 14.2 Å². The molecular formula is C10H14ClNO4. The first kappa shape index (κ1) is 14.5. The van der Waals surface area contributed by atoms with Crippen LogP contribution in [0.25, 0.3) is 0 Å². The van der Waals surface area contributed by atoms with Crippen molar-refractivity contribution in [1.29, 1.82) is 0 Å². The molecule has 0 spiro atoms. The molecule has 0 aliphatic carbocycles. The fraction of sp³-hybridized carbons (Fsp3) is 0.300. The van der Waals surface area contributed by atoms with Gasteiger partial charge in [-0.1, -0.05) is 6.07 Å². The maximum absolute atomic E-state index is 11.1. The van der Waals surface area contributed by atoms with E-state index in [4.69, 9.17) is 10.5 Å². The summed E-state index contributed by atoms with van der Waals surface area (Å²) in [5.74, 6) is -0.287. The van der Waals surface area contributed by atoms with Crippen molar-refractivity contribution >= 4 is 18.4 Å². The Morgan fingerprint density at radius 1 is 1.44 bits per heavy atom. The number of carbonyl (C=O) groups excluding carboxylic acids is 1. The van der Waals surface area contributed by atoms with Gasteiger partial charge in [0.1, 0.15) is 6.04 Å². The van der Waals surface area contributed by atoms with Crippen molar-refractivity contribution in [2.45, 2.75) is 6.04 Å². The maximum atomic E-state index is 11.1. The van der Waals surface area contributed by atoms with Crippen molar-refractivity contribution in [3.8, 4) is 11.5 Å². The van der Waals surface area contributed by atoms with Gasteiger partial charge < -0.3 is 20.3 Å². The van der Waals surface area contributed by atoms with Gasteiger partial charge in [0.15, 0.2) is 11.5 Å². The zero-order chi connectivity index (χ0) is 11.4. The fourth-order valence-corrected chi connectivity index (χ4v) is 1.16. The normalized spacial score (nSPS) is 11.2. The number of methoxy groups -OCH3 is 2. The number of halogens is 1. The highest BCUT2D eigenvalue weighted by atomic mass is 35.5. The van der Waals surface area contributed by atoms with E-state index in [1.165, 1.54) is 26.4 Å². The van der Waals surface area contributed by atoms with Crippen LogP contribution in [0.1, 0.15) is 11.6 Å². The smallest absolute Gasteiger partial charge is 0.327 e. The van der Waals surface area contributed by atoms with Crippen LogP contribution in [0, 0.1) is 0 Å². The average Bonchev–Trinajstić information content (AvgIpc) is 2.26. The molecule has 0 aromatic heterocycles. The first-order valence-corrected chi connectivity index (χ1v) is 4.30. The second-order valence-electron chi connectivity index (χ2n) is 2.93. The van der Waals surface area contributed by atoms with E-state index in [2.05, 4.69) is 4.74 Å². The number of nitrogens with two attached hydrogens (primary N) is 1. The van der Waals surface area contributed by atoms with Crippen LogP contribution in [0.15, 0.2) is 18.2 Å². The van der Waals surface area contributed by atoms with Crippen LogP contribution in [0.2, 0.25) is 0 Å². The van der Waals surface area contributed by atoms with Gasteiger partial charge >= 0.3 is 5.97 Å². The Balaban J connectivity index is 0.00000225. The minimum absolute atomic E-state index is 0. The van der Waals surface area contributed by atoms with Crippen LogP contribution in [0.5, 0.6) is 11.5 Å². The van der Waals surface area contributed by atoms with Crippen LogP contribution < -0.4 is 10.5 Å². The summed E-state index contributed by atoms with van der Waals surface area (Å²) in [7, 11) is 2.69. The monoisotopic (exact) mass is 247 g/mol. The Hall–Kier alpha value is -1.46. The quantitative estimate of drug-likeness (QED) is 0.779. The van der Waals surface area contributed by atoms with E-state index in [0.29, 0.717) is 11.3 Å². The predicted molar refractivity (Wildman–Crippen MR) is 60.9 cm³/mol. The van der Waals surface area contributed by atoms with Crippen LogP contribution in [0.4, 0.5) is 0 Å². The number of esters is 1. The summed E-state index contributed by atoms with van der Waals surface area (Å²) in [6, 6.07) is 3.61. The molecule has 3 N–H and O–H groups in total. The molecule has 1 aromatic carbocycles. The molecule has 0 aliphatic heterocycles. The molecule has 0 heterocycles. The van der Waals surface area contributed by atoms with E-state index in [-0.39, 0.29) is 18.2 Å². The van der Waals surface area contributed by atoms with Crippen molar-refractivity contribution in [1.82, 2.24) is 0 Å². The van der Waals surface area contributed by atoms with Crippen molar-refractivity contribution in [2.24, 2.45) is 5.73 Å². The Morgan fingerprint density at radius 2 is 2.06 bits per heavy atom. The molecule has 16 heavy (non-hydrogen) atoms. The lowest BCUT2D eigenvalue weighted by Crippen LogP contribution is -2.22. The molecule has 0 aliphatic rings. The van der Waals surface area contributed by atoms with Gasteiger partial charge in [-0.3, -0.25) is 4.79 Å². The standard InChI is InChI=1S/C10H13NO4.ClH/c1-14-8-4-3-6(5-7(8)12)9(11)10(13)15-2;/h3-5,9,12H,11H2,1-2H3;1H/t9-;/m1./s1. The average molecular weight is 248 g/mol. The van der Waals surface area contributed by atoms with Gasteiger partial charge in [-0.2, -0.15) is 0 Å². The van der Waals surface area contributed by atoms with Crippen molar-refractivity contribution in [3.63, 3.8) is 0 Å². The number of hydrogen-bond acceptors (Lipinski definition) is 5. The molecule has 0 saturated heterocycles. The summed E-state index contributed by atoms with van der Waals surface area (Å²) in [6.07, 6.45) is 0. The molecule has 1 aromatic rings. The molecule has 0 radical (unpaired) electrons. The Morgan fingerprint density at radius 3 is 2.50 bits per heavy atom. The molecule has 5 nitrogen and oxygen atoms in total. The van der Waals surface area contributed by atoms with E-state index in [1.54, 1.807) is 6.07 Å². The number of hydrogen-bond donors (Lipinski definition) is 2. The topological polar surface area (TPSA) is 81.8 Å². The van der Waals surface area contributed by atoms with E-state index >= 15 is 0 Å². The van der Waals surface area contributed by atoms with Gasteiger partial charge in [0.2, 0.25) is 0 Å². The Kier molecular flexibility index (Phi) is 5.63. The van der Waals surface area contributed by atoms with Gasteiger partial charge in [-0.05, 0) is 17.7 Å². The number of ether oxygens (including phenoxy) is 2. The highest BCUT2D eigenvalue weighted by Crippen LogP contribution is 2.28. The first-order valence-electron chi connectivity index (χ1n) is 4.30. The van der Waals surface area contributed by atoms with Gasteiger partial charge in [-0.25, -0.2) is 0 Å².